The molecule has 0 fully saturated rings. The minimum atomic E-state index is -0.642. The fraction of sp³-hybridized carbons (Fsp3) is 0.276. The Labute approximate surface area is 210 Å². The molecule has 182 valence electrons. The monoisotopic (exact) mass is 481 g/mol. The van der Waals surface area contributed by atoms with E-state index < -0.39 is 12.0 Å². The second-order valence-electron chi connectivity index (χ2n) is 8.80. The number of nitrogens with one attached hydrogen (secondary N) is 1. The van der Waals surface area contributed by atoms with Gasteiger partial charge in [-0.15, -0.1) is 0 Å². The Kier molecular flexibility index (Phi) is 6.34. The molecular formula is C29H27N3O4. The first-order chi connectivity index (χ1) is 17.5. The highest BCUT2D eigenvalue weighted by Crippen LogP contribution is 2.48. The van der Waals surface area contributed by atoms with Crippen molar-refractivity contribution in [3.63, 3.8) is 0 Å². The van der Waals surface area contributed by atoms with Gasteiger partial charge >= 0.3 is 0 Å². The number of hydrogen-bond donors (Lipinski definition) is 1. The minimum absolute atomic E-state index is 0.0800. The SMILES string of the molecule is CCOc1cc2c(cc1OCC)[C@@H]1[C@@H](C(=O)Nc3cccc(C#N)c3)c3ccccc3C(=O)N1CC2. The predicted octanol–water partition coefficient (Wildman–Crippen LogP) is 4.83. The molecule has 2 atom stereocenters. The van der Waals surface area contributed by atoms with Crippen LogP contribution in [0.1, 0.15) is 58.4 Å². The number of amides is 2. The average Bonchev–Trinajstić information content (AvgIpc) is 2.89. The molecule has 2 aliphatic rings. The number of carbonyl (C=O) groups is 2. The molecule has 5 rings (SSSR count). The molecule has 2 aliphatic heterocycles. The van der Waals surface area contributed by atoms with E-state index >= 15 is 0 Å². The summed E-state index contributed by atoms with van der Waals surface area (Å²) in [5.74, 6) is 0.315. The lowest BCUT2D eigenvalue weighted by Crippen LogP contribution is -2.49. The van der Waals surface area contributed by atoms with Gasteiger partial charge in [-0.1, -0.05) is 24.3 Å². The number of rotatable bonds is 6. The van der Waals surface area contributed by atoms with Crippen molar-refractivity contribution in [3.05, 3.63) is 88.5 Å². The zero-order chi connectivity index (χ0) is 25.2. The predicted molar refractivity (Wildman–Crippen MR) is 135 cm³/mol. The van der Waals surface area contributed by atoms with Gasteiger partial charge in [0.05, 0.1) is 36.8 Å². The zero-order valence-electron chi connectivity index (χ0n) is 20.3. The van der Waals surface area contributed by atoms with Crippen molar-refractivity contribution in [2.45, 2.75) is 32.2 Å². The van der Waals surface area contributed by atoms with Crippen LogP contribution in [-0.4, -0.2) is 36.5 Å². The van der Waals surface area contributed by atoms with Gasteiger partial charge in [0, 0.05) is 17.8 Å². The maximum Gasteiger partial charge on any atom is 0.254 e. The Bertz CT molecular complexity index is 1380. The highest BCUT2D eigenvalue weighted by Gasteiger charge is 2.46. The molecule has 0 aliphatic carbocycles. The number of fused-ring (bicyclic) bond motifs is 4. The molecule has 0 saturated heterocycles. The molecule has 0 bridgehead atoms. The summed E-state index contributed by atoms with van der Waals surface area (Å²) in [6.45, 7) is 5.31. The number of anilines is 1. The topological polar surface area (TPSA) is 91.7 Å². The number of nitrogens with zero attached hydrogens (tertiary/aromatic N) is 2. The van der Waals surface area contributed by atoms with Crippen LogP contribution >= 0.6 is 0 Å². The first kappa shape index (κ1) is 23.4. The fourth-order valence-corrected chi connectivity index (χ4v) is 5.24. The van der Waals surface area contributed by atoms with Crippen LogP contribution in [0.5, 0.6) is 11.5 Å². The van der Waals surface area contributed by atoms with Crippen molar-refractivity contribution in [2.24, 2.45) is 0 Å². The van der Waals surface area contributed by atoms with Crippen molar-refractivity contribution in [2.75, 3.05) is 25.1 Å². The van der Waals surface area contributed by atoms with Crippen LogP contribution < -0.4 is 14.8 Å². The van der Waals surface area contributed by atoms with E-state index in [1.54, 1.807) is 35.2 Å². The van der Waals surface area contributed by atoms with E-state index in [9.17, 15) is 14.9 Å². The highest BCUT2D eigenvalue weighted by molar-refractivity contribution is 6.04. The maximum atomic E-state index is 13.9. The third kappa shape index (κ3) is 4.05. The second kappa shape index (κ2) is 9.74. The van der Waals surface area contributed by atoms with Crippen molar-refractivity contribution >= 4 is 17.5 Å². The van der Waals surface area contributed by atoms with Gasteiger partial charge in [-0.3, -0.25) is 9.59 Å². The number of benzene rings is 3. The van der Waals surface area contributed by atoms with Crippen molar-refractivity contribution in [1.29, 1.82) is 5.26 Å². The molecule has 7 nitrogen and oxygen atoms in total. The van der Waals surface area contributed by atoms with Crippen LogP contribution in [0.2, 0.25) is 0 Å². The van der Waals surface area contributed by atoms with Gasteiger partial charge in [-0.05, 0) is 73.4 Å². The summed E-state index contributed by atoms with van der Waals surface area (Å²) in [5, 5.41) is 12.3. The van der Waals surface area contributed by atoms with Gasteiger partial charge in [-0.25, -0.2) is 0 Å². The lowest BCUT2D eigenvalue weighted by molar-refractivity contribution is -0.119. The largest absolute Gasteiger partial charge is 0.490 e. The van der Waals surface area contributed by atoms with Crippen LogP contribution in [0, 0.1) is 11.3 Å². The molecular weight excluding hydrogens is 454 g/mol. The third-order valence-electron chi connectivity index (χ3n) is 6.73. The molecule has 36 heavy (non-hydrogen) atoms. The lowest BCUT2D eigenvalue weighted by atomic mass is 9.75. The summed E-state index contributed by atoms with van der Waals surface area (Å²) in [4.78, 5) is 29.2. The fourth-order valence-electron chi connectivity index (χ4n) is 5.24. The van der Waals surface area contributed by atoms with E-state index in [1.165, 1.54) is 0 Å². The highest BCUT2D eigenvalue weighted by atomic mass is 16.5. The van der Waals surface area contributed by atoms with Gasteiger partial charge in [0.2, 0.25) is 5.91 Å². The molecule has 1 N–H and O–H groups in total. The van der Waals surface area contributed by atoms with E-state index in [4.69, 9.17) is 9.47 Å². The molecule has 0 unspecified atom stereocenters. The van der Waals surface area contributed by atoms with Crippen LogP contribution in [0.3, 0.4) is 0 Å². The average molecular weight is 482 g/mol. The molecule has 0 radical (unpaired) electrons. The van der Waals surface area contributed by atoms with Gasteiger partial charge in [0.15, 0.2) is 11.5 Å². The van der Waals surface area contributed by atoms with E-state index in [1.807, 2.05) is 44.2 Å². The number of nitriles is 1. The lowest BCUT2D eigenvalue weighted by Gasteiger charge is -2.45. The molecule has 7 heteroatoms. The standard InChI is InChI=1S/C29H27N3O4/c1-3-35-24-15-19-12-13-32-27(23(19)16-25(24)36-4-2)26(21-10-5-6-11-22(21)29(32)34)28(33)31-20-9-7-8-18(14-20)17-30/h5-11,14-16,26-27H,3-4,12-13H2,1-2H3,(H,31,33)/t26-,27+/m0/s1. The Balaban J connectivity index is 1.63. The van der Waals surface area contributed by atoms with Crippen molar-refractivity contribution in [3.8, 4) is 17.6 Å². The smallest absolute Gasteiger partial charge is 0.254 e. The zero-order valence-corrected chi connectivity index (χ0v) is 20.3. The van der Waals surface area contributed by atoms with Gasteiger partial charge in [-0.2, -0.15) is 5.26 Å². The number of ether oxygens (including phenoxy) is 2. The first-order valence-corrected chi connectivity index (χ1v) is 12.2. The number of carbonyl (C=O) groups excluding carboxylic acids is 2. The molecule has 0 spiro atoms. The van der Waals surface area contributed by atoms with Gasteiger partial charge in [0.25, 0.3) is 5.91 Å². The van der Waals surface area contributed by atoms with Gasteiger partial charge in [0.1, 0.15) is 0 Å². The van der Waals surface area contributed by atoms with E-state index in [0.717, 1.165) is 11.1 Å². The van der Waals surface area contributed by atoms with E-state index in [0.29, 0.717) is 60.1 Å². The maximum absolute atomic E-state index is 13.9. The quantitative estimate of drug-likeness (QED) is 0.544. The van der Waals surface area contributed by atoms with Crippen molar-refractivity contribution in [1.82, 2.24) is 4.90 Å². The molecule has 2 amide bonds. The number of hydrogen-bond acceptors (Lipinski definition) is 5. The Hall–Kier alpha value is -4.31. The summed E-state index contributed by atoms with van der Waals surface area (Å²) < 4.78 is 11.7. The Morgan fingerprint density at radius 1 is 1.03 bits per heavy atom. The van der Waals surface area contributed by atoms with Crippen LogP contribution in [0.25, 0.3) is 0 Å². The normalized spacial score (nSPS) is 17.8. The van der Waals surface area contributed by atoms with Crippen LogP contribution in [0.15, 0.2) is 60.7 Å². The molecule has 0 saturated carbocycles. The summed E-state index contributed by atoms with van der Waals surface area (Å²) in [7, 11) is 0. The Morgan fingerprint density at radius 3 is 2.53 bits per heavy atom. The van der Waals surface area contributed by atoms with Crippen LogP contribution in [-0.2, 0) is 11.2 Å². The molecule has 3 aromatic carbocycles. The molecule has 2 heterocycles. The van der Waals surface area contributed by atoms with E-state index in [-0.39, 0.29) is 11.8 Å². The summed E-state index contributed by atoms with van der Waals surface area (Å²) in [5.41, 5.74) is 4.16. The summed E-state index contributed by atoms with van der Waals surface area (Å²) >= 11 is 0. The van der Waals surface area contributed by atoms with Crippen LogP contribution in [0.4, 0.5) is 5.69 Å². The summed E-state index contributed by atoms with van der Waals surface area (Å²) in [6.07, 6.45) is 0.658. The molecule has 0 aromatic heterocycles. The van der Waals surface area contributed by atoms with Crippen molar-refractivity contribution < 1.29 is 19.1 Å². The summed E-state index contributed by atoms with van der Waals surface area (Å²) in [6, 6.07) is 19.7. The third-order valence-corrected chi connectivity index (χ3v) is 6.73. The second-order valence-corrected chi connectivity index (χ2v) is 8.80. The molecule has 3 aromatic rings. The first-order valence-electron chi connectivity index (χ1n) is 12.2. The minimum Gasteiger partial charge on any atom is -0.490 e. The van der Waals surface area contributed by atoms with E-state index in [2.05, 4.69) is 11.4 Å². The Morgan fingerprint density at radius 2 is 1.78 bits per heavy atom. The van der Waals surface area contributed by atoms with Gasteiger partial charge < -0.3 is 19.7 Å².